The van der Waals surface area contributed by atoms with Crippen LogP contribution in [0.5, 0.6) is 0 Å². The second kappa shape index (κ2) is 10.4. The van der Waals surface area contributed by atoms with Crippen LogP contribution in [-0.2, 0) is 19.0 Å². The number of ketones is 1. The number of allylic oxidation sites excluding steroid dienone is 2. The summed E-state index contributed by atoms with van der Waals surface area (Å²) in [7, 11) is 0. The molecule has 0 amide bonds. The fourth-order valence-corrected chi connectivity index (χ4v) is 10.4. The van der Waals surface area contributed by atoms with Crippen molar-refractivity contribution in [3.63, 3.8) is 0 Å². The third kappa shape index (κ3) is 4.14. The van der Waals surface area contributed by atoms with Crippen molar-refractivity contribution in [1.82, 2.24) is 5.32 Å². The molecule has 15 atom stereocenters. The summed E-state index contributed by atoms with van der Waals surface area (Å²) < 4.78 is 18.8. The normalized spacial score (nSPS) is 53.9. The zero-order valence-electron chi connectivity index (χ0n) is 25.4. The summed E-state index contributed by atoms with van der Waals surface area (Å²) >= 11 is 0. The minimum Gasteiger partial charge on any atom is -0.394 e. The van der Waals surface area contributed by atoms with Crippen LogP contribution in [0.15, 0.2) is 22.8 Å². The van der Waals surface area contributed by atoms with E-state index in [1.54, 1.807) is 0 Å². The number of carbonyl (C=O) groups is 1. The number of hydrogen-bond donors (Lipinski definition) is 5. The summed E-state index contributed by atoms with van der Waals surface area (Å²) in [6, 6.07) is 0.344. The number of carbonyl (C=O) groups excluding carboxylic acids is 1. The van der Waals surface area contributed by atoms with Gasteiger partial charge in [0.15, 0.2) is 12.1 Å². The van der Waals surface area contributed by atoms with E-state index in [4.69, 9.17) is 14.2 Å². The summed E-state index contributed by atoms with van der Waals surface area (Å²) in [5.41, 5.74) is 2.89. The smallest absolute Gasteiger partial charge is 0.186 e. The van der Waals surface area contributed by atoms with Gasteiger partial charge in [0.1, 0.15) is 24.4 Å². The number of piperidine rings is 1. The molecular weight excluding hydrogens is 538 g/mol. The maximum absolute atomic E-state index is 14.5. The van der Waals surface area contributed by atoms with Gasteiger partial charge < -0.3 is 40.0 Å². The van der Waals surface area contributed by atoms with E-state index >= 15 is 0 Å². The topological polar surface area (TPSA) is 138 Å². The van der Waals surface area contributed by atoms with Gasteiger partial charge >= 0.3 is 0 Å². The summed E-state index contributed by atoms with van der Waals surface area (Å²) in [6.45, 7) is 9.60. The Morgan fingerprint density at radius 3 is 2.67 bits per heavy atom. The first kappa shape index (κ1) is 29.5. The number of aliphatic hydroxyl groups excluding tert-OH is 4. The highest BCUT2D eigenvalue weighted by molar-refractivity contribution is 6.02. The molecular formula is C33H49NO8. The zero-order chi connectivity index (χ0) is 29.7. The third-order valence-electron chi connectivity index (χ3n) is 12.8. The molecule has 9 nitrogen and oxygen atoms in total. The van der Waals surface area contributed by atoms with Crippen molar-refractivity contribution in [1.29, 1.82) is 0 Å². The van der Waals surface area contributed by atoms with E-state index in [-0.39, 0.29) is 35.1 Å². The SMILES string of the molecule is CC1=C2C(=O)[C@@H]3[C@@H](CC=C4C[C@@H](O[C@H]5O[C@@H](CO)[C@H](O)[C@@H](O)[C@@H]5O)CC[C@]43C)[C@@H]2CC[C@]12O[C@@H]1C[C@@H](C)CN[C@H]1[C@@H]2C. The Bertz CT molecular complexity index is 1170. The Kier molecular flexibility index (Phi) is 7.34. The van der Waals surface area contributed by atoms with Crippen LogP contribution in [0.4, 0.5) is 0 Å². The van der Waals surface area contributed by atoms with Crippen LogP contribution in [0.2, 0.25) is 0 Å². The molecule has 5 fully saturated rings. The number of Topliss-reactive ketones (excluding diaryl/α,β-unsaturated/α-hetero) is 1. The van der Waals surface area contributed by atoms with Crippen molar-refractivity contribution in [3.8, 4) is 0 Å². The molecule has 234 valence electrons. The average molecular weight is 588 g/mol. The number of rotatable bonds is 3. The molecule has 9 heteroatoms. The highest BCUT2D eigenvalue weighted by Crippen LogP contribution is 2.64. The van der Waals surface area contributed by atoms with Crippen molar-refractivity contribution in [2.45, 2.75) is 127 Å². The lowest BCUT2D eigenvalue weighted by Gasteiger charge is -2.49. The number of hydrogen-bond acceptors (Lipinski definition) is 9. The number of aliphatic hydroxyl groups is 4. The first-order valence-corrected chi connectivity index (χ1v) is 16.3. The van der Waals surface area contributed by atoms with Crippen molar-refractivity contribution < 1.29 is 39.4 Å². The van der Waals surface area contributed by atoms with Crippen LogP contribution < -0.4 is 5.32 Å². The number of nitrogens with one attached hydrogen (secondary N) is 1. The summed E-state index contributed by atoms with van der Waals surface area (Å²) in [5.74, 6) is 1.81. The van der Waals surface area contributed by atoms with Gasteiger partial charge in [-0.15, -0.1) is 0 Å². The summed E-state index contributed by atoms with van der Waals surface area (Å²) in [4.78, 5) is 14.5. The molecule has 42 heavy (non-hydrogen) atoms. The van der Waals surface area contributed by atoms with Crippen molar-refractivity contribution in [2.24, 2.45) is 35.0 Å². The van der Waals surface area contributed by atoms with Gasteiger partial charge in [-0.05, 0) is 87.2 Å². The van der Waals surface area contributed by atoms with Gasteiger partial charge in [-0.3, -0.25) is 4.79 Å². The standard InChI is InChI=1S/C33H49NO8/c1-15-11-22-26(34-13-15)17(3)33(42-22)10-8-20-21-6-5-18-12-19(40-31-30(39)29(38)27(36)23(14-35)41-31)7-9-32(18,4)25(21)28(37)24(20)16(33)2/h5,15,17,19-23,25-27,29-31,34-36,38-39H,6-14H2,1-4H3/t15-,17+,19+,20+,21+,22-,23+,25+,26+,27+,29-,30+,31+,32-,33+/m1/s1. The van der Waals surface area contributed by atoms with Crippen LogP contribution in [0.1, 0.15) is 72.6 Å². The van der Waals surface area contributed by atoms with Crippen LogP contribution in [0.25, 0.3) is 0 Å². The predicted octanol–water partition coefficient (Wildman–Crippen LogP) is 2.01. The van der Waals surface area contributed by atoms with Crippen molar-refractivity contribution in [3.05, 3.63) is 22.8 Å². The lowest BCUT2D eigenvalue weighted by molar-refractivity contribution is -0.312. The van der Waals surface area contributed by atoms with E-state index in [1.807, 2.05) is 0 Å². The van der Waals surface area contributed by atoms with Crippen LogP contribution in [-0.4, -0.2) is 93.9 Å². The van der Waals surface area contributed by atoms with E-state index in [2.05, 4.69) is 39.1 Å². The molecule has 3 aliphatic heterocycles. The molecule has 1 spiro atoms. The fourth-order valence-electron chi connectivity index (χ4n) is 10.4. The molecule has 7 rings (SSSR count). The van der Waals surface area contributed by atoms with E-state index in [0.717, 1.165) is 44.2 Å². The first-order valence-electron chi connectivity index (χ1n) is 16.3. The van der Waals surface area contributed by atoms with Gasteiger partial charge in [0, 0.05) is 23.5 Å². The van der Waals surface area contributed by atoms with Crippen molar-refractivity contribution >= 4 is 5.78 Å². The second-order valence-electron chi connectivity index (χ2n) is 14.9. The molecule has 0 aromatic carbocycles. The zero-order valence-corrected chi connectivity index (χ0v) is 25.4. The predicted molar refractivity (Wildman–Crippen MR) is 153 cm³/mol. The third-order valence-corrected chi connectivity index (χ3v) is 12.8. The first-order chi connectivity index (χ1) is 20.0. The molecule has 0 bridgehead atoms. The van der Waals surface area contributed by atoms with Gasteiger partial charge in [-0.1, -0.05) is 32.4 Å². The van der Waals surface area contributed by atoms with Crippen molar-refractivity contribution in [2.75, 3.05) is 13.2 Å². The minimum absolute atomic E-state index is 0.0482. The van der Waals surface area contributed by atoms with Crippen LogP contribution >= 0.6 is 0 Å². The monoisotopic (exact) mass is 587 g/mol. The lowest BCUT2D eigenvalue weighted by atomic mass is 9.56. The van der Waals surface area contributed by atoms with Crippen LogP contribution in [0, 0.1) is 35.0 Å². The molecule has 0 unspecified atom stereocenters. The van der Waals surface area contributed by atoms with E-state index in [9.17, 15) is 25.2 Å². The van der Waals surface area contributed by atoms with Gasteiger partial charge in [0.2, 0.25) is 0 Å². The average Bonchev–Trinajstić information content (AvgIpc) is 3.42. The molecule has 2 saturated carbocycles. The lowest BCUT2D eigenvalue weighted by Crippen LogP contribution is -2.60. The van der Waals surface area contributed by atoms with E-state index in [0.29, 0.717) is 42.4 Å². The Hall–Kier alpha value is -1.17. The molecule has 7 aliphatic rings. The minimum atomic E-state index is -1.46. The highest BCUT2D eigenvalue weighted by atomic mass is 16.7. The maximum atomic E-state index is 14.5. The molecule has 5 N–H and O–H groups in total. The number of ether oxygens (including phenoxy) is 3. The fraction of sp³-hybridized carbons (Fsp3) is 0.848. The Morgan fingerprint density at radius 1 is 1.12 bits per heavy atom. The van der Waals surface area contributed by atoms with Gasteiger partial charge in [0.05, 0.1) is 24.4 Å². The Morgan fingerprint density at radius 2 is 1.90 bits per heavy atom. The number of fused-ring (bicyclic) bond motifs is 6. The second-order valence-corrected chi connectivity index (χ2v) is 14.9. The van der Waals surface area contributed by atoms with Gasteiger partial charge in [-0.25, -0.2) is 0 Å². The molecule has 0 aromatic heterocycles. The van der Waals surface area contributed by atoms with Gasteiger partial charge in [-0.2, -0.15) is 0 Å². The largest absolute Gasteiger partial charge is 0.394 e. The molecule has 3 heterocycles. The Labute approximate surface area is 248 Å². The quantitative estimate of drug-likeness (QED) is 0.314. The van der Waals surface area contributed by atoms with E-state index in [1.165, 1.54) is 11.1 Å². The highest BCUT2D eigenvalue weighted by Gasteiger charge is 2.63. The van der Waals surface area contributed by atoms with Gasteiger partial charge in [0.25, 0.3) is 0 Å². The summed E-state index contributed by atoms with van der Waals surface area (Å²) in [6.07, 6.45) is 1.93. The molecule has 0 aromatic rings. The van der Waals surface area contributed by atoms with E-state index < -0.39 is 37.3 Å². The Balaban J connectivity index is 1.11. The van der Waals surface area contributed by atoms with Crippen LogP contribution in [0.3, 0.4) is 0 Å². The summed E-state index contributed by atoms with van der Waals surface area (Å²) in [5, 5.41) is 44.2. The molecule has 4 aliphatic carbocycles. The molecule has 3 saturated heterocycles. The molecule has 0 radical (unpaired) electrons. The maximum Gasteiger partial charge on any atom is 0.186 e.